The third-order valence-electron chi connectivity index (χ3n) is 4.99. The number of aryl methyl sites for hydroxylation is 3. The topological polar surface area (TPSA) is 35.6 Å². The van der Waals surface area contributed by atoms with Crippen LogP contribution >= 0.6 is 0 Å². The van der Waals surface area contributed by atoms with Gasteiger partial charge in [0.05, 0.1) is 0 Å². The van der Waals surface area contributed by atoms with Gasteiger partial charge in [0.2, 0.25) is 0 Å². The molecule has 0 radical (unpaired) electrons. The lowest BCUT2D eigenvalue weighted by Crippen LogP contribution is -2.51. The highest BCUT2D eigenvalue weighted by molar-refractivity contribution is 5.74. The molecule has 0 unspecified atom stereocenters. The second kappa shape index (κ2) is 7.60. The van der Waals surface area contributed by atoms with E-state index in [2.05, 4.69) is 73.5 Å². The van der Waals surface area contributed by atoms with Crippen LogP contribution in [0, 0.1) is 20.8 Å². The molecule has 3 rings (SSSR count). The summed E-state index contributed by atoms with van der Waals surface area (Å²) in [7, 11) is 0. The summed E-state index contributed by atoms with van der Waals surface area (Å²) in [6, 6.07) is 14.9. The number of anilines is 1. The van der Waals surface area contributed by atoms with E-state index >= 15 is 0 Å². The average molecular weight is 337 g/mol. The van der Waals surface area contributed by atoms with Crippen molar-refractivity contribution in [3.05, 3.63) is 64.7 Å². The van der Waals surface area contributed by atoms with E-state index in [4.69, 9.17) is 0 Å². The molecule has 4 heteroatoms. The lowest BCUT2D eigenvalue weighted by molar-refractivity contribution is 0.194. The number of carbonyl (C=O) groups excluding carboxylic acids is 1. The number of carbonyl (C=O) groups is 1. The molecular formula is C21H27N3O. The number of hydrogen-bond acceptors (Lipinski definition) is 2. The molecule has 0 aliphatic carbocycles. The zero-order valence-corrected chi connectivity index (χ0v) is 15.4. The minimum atomic E-state index is 0.0281. The maximum absolute atomic E-state index is 12.4. The van der Waals surface area contributed by atoms with Gasteiger partial charge in [-0.1, -0.05) is 35.9 Å². The summed E-state index contributed by atoms with van der Waals surface area (Å²) in [5, 5.41) is 3.03. The molecular weight excluding hydrogens is 310 g/mol. The summed E-state index contributed by atoms with van der Waals surface area (Å²) in [6.07, 6.45) is 0. The first-order valence-electron chi connectivity index (χ1n) is 8.93. The second-order valence-corrected chi connectivity index (χ2v) is 6.89. The Labute approximate surface area is 150 Å². The van der Waals surface area contributed by atoms with E-state index in [9.17, 15) is 4.79 Å². The summed E-state index contributed by atoms with van der Waals surface area (Å²) in [5.41, 5.74) is 6.25. The van der Waals surface area contributed by atoms with Crippen molar-refractivity contribution in [3.8, 4) is 0 Å². The van der Waals surface area contributed by atoms with Gasteiger partial charge < -0.3 is 15.1 Å². The van der Waals surface area contributed by atoms with Crippen LogP contribution in [0.2, 0.25) is 0 Å². The van der Waals surface area contributed by atoms with Crippen molar-refractivity contribution in [2.75, 3.05) is 31.1 Å². The van der Waals surface area contributed by atoms with Gasteiger partial charge in [0.15, 0.2) is 0 Å². The van der Waals surface area contributed by atoms with E-state index in [1.807, 2.05) is 4.90 Å². The fraction of sp³-hybridized carbons (Fsp3) is 0.381. The molecule has 0 atom stereocenters. The highest BCUT2D eigenvalue weighted by Crippen LogP contribution is 2.20. The highest BCUT2D eigenvalue weighted by Gasteiger charge is 2.21. The molecule has 1 aliphatic heterocycles. The van der Waals surface area contributed by atoms with Crippen LogP contribution < -0.4 is 10.2 Å². The van der Waals surface area contributed by atoms with Gasteiger partial charge >= 0.3 is 6.03 Å². The molecule has 25 heavy (non-hydrogen) atoms. The van der Waals surface area contributed by atoms with Gasteiger partial charge in [-0.2, -0.15) is 0 Å². The Morgan fingerprint density at radius 3 is 2.24 bits per heavy atom. The van der Waals surface area contributed by atoms with Gasteiger partial charge in [-0.3, -0.25) is 0 Å². The molecule has 4 nitrogen and oxygen atoms in total. The number of nitrogens with zero attached hydrogens (tertiary/aromatic N) is 2. The Kier molecular flexibility index (Phi) is 5.27. The van der Waals surface area contributed by atoms with Crippen molar-refractivity contribution in [3.63, 3.8) is 0 Å². The Bertz CT molecular complexity index is 731. The second-order valence-electron chi connectivity index (χ2n) is 6.89. The van der Waals surface area contributed by atoms with Crippen molar-refractivity contribution >= 4 is 11.7 Å². The van der Waals surface area contributed by atoms with Crippen molar-refractivity contribution in [2.24, 2.45) is 0 Å². The van der Waals surface area contributed by atoms with Crippen LogP contribution in [0.4, 0.5) is 10.5 Å². The van der Waals surface area contributed by atoms with E-state index in [1.54, 1.807) is 0 Å². The first-order chi connectivity index (χ1) is 12.0. The van der Waals surface area contributed by atoms with Crippen molar-refractivity contribution in [2.45, 2.75) is 27.3 Å². The van der Waals surface area contributed by atoms with Gasteiger partial charge in [-0.15, -0.1) is 0 Å². The molecule has 0 aromatic heterocycles. The van der Waals surface area contributed by atoms with Gasteiger partial charge in [-0.05, 0) is 49.6 Å². The molecule has 0 saturated carbocycles. The molecule has 1 heterocycles. The molecule has 1 saturated heterocycles. The summed E-state index contributed by atoms with van der Waals surface area (Å²) in [5.74, 6) is 0. The number of amides is 2. The van der Waals surface area contributed by atoms with E-state index in [0.29, 0.717) is 6.54 Å². The Hall–Kier alpha value is -2.49. The molecule has 2 amide bonds. The van der Waals surface area contributed by atoms with Crippen LogP contribution in [-0.2, 0) is 6.54 Å². The molecule has 2 aromatic carbocycles. The van der Waals surface area contributed by atoms with Crippen LogP contribution in [-0.4, -0.2) is 37.1 Å². The van der Waals surface area contributed by atoms with E-state index in [-0.39, 0.29) is 6.03 Å². The molecule has 1 aliphatic rings. The third kappa shape index (κ3) is 4.32. The van der Waals surface area contributed by atoms with Gasteiger partial charge in [0.25, 0.3) is 0 Å². The van der Waals surface area contributed by atoms with E-state index in [0.717, 1.165) is 31.7 Å². The van der Waals surface area contributed by atoms with Gasteiger partial charge in [0.1, 0.15) is 0 Å². The lowest BCUT2D eigenvalue weighted by atomic mass is 10.1. The minimum absolute atomic E-state index is 0.0281. The van der Waals surface area contributed by atoms with Crippen LogP contribution in [0.1, 0.15) is 22.3 Å². The van der Waals surface area contributed by atoms with Crippen molar-refractivity contribution in [1.82, 2.24) is 10.2 Å². The predicted molar refractivity (Wildman–Crippen MR) is 103 cm³/mol. The van der Waals surface area contributed by atoms with Gasteiger partial charge in [0, 0.05) is 38.4 Å². The summed E-state index contributed by atoms with van der Waals surface area (Å²) in [6.45, 7) is 10.2. The normalized spacial score (nSPS) is 14.5. The Morgan fingerprint density at radius 2 is 1.60 bits per heavy atom. The van der Waals surface area contributed by atoms with Crippen LogP contribution in [0.3, 0.4) is 0 Å². The highest BCUT2D eigenvalue weighted by atomic mass is 16.2. The number of piperazine rings is 1. The molecule has 0 bridgehead atoms. The Morgan fingerprint density at radius 1 is 0.920 bits per heavy atom. The minimum Gasteiger partial charge on any atom is -0.368 e. The monoisotopic (exact) mass is 337 g/mol. The first kappa shape index (κ1) is 17.3. The maximum atomic E-state index is 12.4. The zero-order valence-electron chi connectivity index (χ0n) is 15.4. The quantitative estimate of drug-likeness (QED) is 0.928. The number of rotatable bonds is 3. The standard InChI is InChI=1S/C21H27N3O/c1-16-4-7-19(8-5-16)15-22-21(25)24-12-10-23(11-13-24)20-9-6-17(2)18(3)14-20/h4-9,14H,10-13,15H2,1-3H3,(H,22,25). The molecule has 2 aromatic rings. The van der Waals surface area contributed by atoms with Crippen LogP contribution in [0.15, 0.2) is 42.5 Å². The smallest absolute Gasteiger partial charge is 0.317 e. The SMILES string of the molecule is Cc1ccc(CNC(=O)N2CCN(c3ccc(C)c(C)c3)CC2)cc1. The predicted octanol–water partition coefficient (Wildman–Crippen LogP) is 3.64. The molecule has 132 valence electrons. The maximum Gasteiger partial charge on any atom is 0.317 e. The first-order valence-corrected chi connectivity index (χ1v) is 8.93. The van der Waals surface area contributed by atoms with Crippen molar-refractivity contribution < 1.29 is 4.79 Å². The fourth-order valence-electron chi connectivity index (χ4n) is 3.09. The van der Waals surface area contributed by atoms with Crippen LogP contribution in [0.25, 0.3) is 0 Å². The largest absolute Gasteiger partial charge is 0.368 e. The van der Waals surface area contributed by atoms with E-state index < -0.39 is 0 Å². The average Bonchev–Trinajstić information content (AvgIpc) is 2.63. The zero-order chi connectivity index (χ0) is 17.8. The summed E-state index contributed by atoms with van der Waals surface area (Å²) < 4.78 is 0. The summed E-state index contributed by atoms with van der Waals surface area (Å²) >= 11 is 0. The lowest BCUT2D eigenvalue weighted by Gasteiger charge is -2.36. The van der Waals surface area contributed by atoms with Crippen LogP contribution in [0.5, 0.6) is 0 Å². The number of benzene rings is 2. The number of hydrogen-bond donors (Lipinski definition) is 1. The third-order valence-corrected chi connectivity index (χ3v) is 4.99. The molecule has 1 N–H and O–H groups in total. The number of urea groups is 1. The number of nitrogens with one attached hydrogen (secondary N) is 1. The Balaban J connectivity index is 1.50. The van der Waals surface area contributed by atoms with Gasteiger partial charge in [-0.25, -0.2) is 4.79 Å². The summed E-state index contributed by atoms with van der Waals surface area (Å²) in [4.78, 5) is 16.6. The van der Waals surface area contributed by atoms with E-state index in [1.165, 1.54) is 22.4 Å². The molecule has 1 fully saturated rings. The fourth-order valence-corrected chi connectivity index (χ4v) is 3.09. The molecule has 0 spiro atoms. The van der Waals surface area contributed by atoms with Crippen molar-refractivity contribution in [1.29, 1.82) is 0 Å².